The number of hydrogen-bond acceptors (Lipinski definition) is 4. The Balaban J connectivity index is 0.000000303. The molecule has 4 heterocycles. The van der Waals surface area contributed by atoms with E-state index in [0.717, 1.165) is 0 Å². The van der Waals surface area contributed by atoms with Gasteiger partial charge in [-0.2, -0.15) is 0 Å². The molecule has 0 saturated heterocycles. The van der Waals surface area contributed by atoms with Crippen molar-refractivity contribution in [3.63, 3.8) is 0 Å². The van der Waals surface area contributed by atoms with E-state index >= 15 is 0 Å². The van der Waals surface area contributed by atoms with Crippen molar-refractivity contribution in [1.29, 1.82) is 0 Å². The van der Waals surface area contributed by atoms with Gasteiger partial charge in [-0.25, -0.2) is 0 Å². The molecule has 0 saturated carbocycles. The van der Waals surface area contributed by atoms with Crippen molar-refractivity contribution in [2.45, 2.75) is 0 Å². The molecule has 4 aromatic rings. The van der Waals surface area contributed by atoms with Gasteiger partial charge in [-0.3, -0.25) is 19.9 Å². The Bertz CT molecular complexity index is 436. The first-order chi connectivity index (χ1) is 12.0. The van der Waals surface area contributed by atoms with Crippen LogP contribution in [0.1, 0.15) is 0 Å². The summed E-state index contributed by atoms with van der Waals surface area (Å²) in [6.45, 7) is 0. The van der Waals surface area contributed by atoms with Crippen LogP contribution in [-0.4, -0.2) is 19.9 Å². The average molecular weight is 511 g/mol. The van der Waals surface area contributed by atoms with Crippen LogP contribution in [0.2, 0.25) is 0 Å². The molecule has 0 atom stereocenters. The summed E-state index contributed by atoms with van der Waals surface area (Å²) < 4.78 is 0. The van der Waals surface area contributed by atoms with Crippen LogP contribution < -0.4 is 0 Å². The largest absolute Gasteiger partial charge is 2.00 e. The Morgan fingerprint density at radius 1 is 0.240 bits per heavy atom. The number of rotatable bonds is 0. The Labute approximate surface area is 163 Å². The van der Waals surface area contributed by atoms with Crippen molar-refractivity contribution < 1.29 is 21.1 Å². The molecule has 0 spiro atoms. The van der Waals surface area contributed by atoms with E-state index in [9.17, 15) is 0 Å². The Morgan fingerprint density at radius 3 is 0.440 bits per heavy atom. The molecule has 128 valence electrons. The molecule has 0 aliphatic carbocycles. The van der Waals surface area contributed by atoms with Crippen LogP contribution in [0.15, 0.2) is 122 Å². The first-order valence-corrected chi connectivity index (χ1v) is 7.40. The van der Waals surface area contributed by atoms with Gasteiger partial charge in [0.25, 0.3) is 0 Å². The van der Waals surface area contributed by atoms with E-state index in [0.29, 0.717) is 0 Å². The summed E-state index contributed by atoms with van der Waals surface area (Å²) in [7, 11) is 0. The van der Waals surface area contributed by atoms with Crippen LogP contribution in [0.5, 0.6) is 0 Å². The number of nitrogens with zero attached hydrogens (tertiary/aromatic N) is 4. The molecule has 0 amide bonds. The number of hydrogen-bond donors (Lipinski definition) is 0. The zero-order valence-corrected chi connectivity index (χ0v) is 15.9. The molecular weight excluding hydrogens is 491 g/mol. The minimum absolute atomic E-state index is 0. The van der Waals surface area contributed by atoms with Crippen molar-refractivity contribution >= 4 is 0 Å². The molecule has 0 fully saturated rings. The average Bonchev–Trinajstić information content (AvgIpc) is 2.75. The minimum Gasteiger partial charge on any atom is -0.265 e. The van der Waals surface area contributed by atoms with Gasteiger partial charge in [-0.05, 0) is 48.5 Å². The van der Waals surface area contributed by atoms with E-state index in [4.69, 9.17) is 0 Å². The molecule has 25 heavy (non-hydrogen) atoms. The van der Waals surface area contributed by atoms with Gasteiger partial charge in [0.1, 0.15) is 0 Å². The van der Waals surface area contributed by atoms with Crippen LogP contribution in [-0.2, 0) is 21.1 Å². The Morgan fingerprint density at radius 2 is 0.400 bits per heavy atom. The summed E-state index contributed by atoms with van der Waals surface area (Å²) in [5.41, 5.74) is 0. The third-order valence-electron chi connectivity index (χ3n) is 2.27. The van der Waals surface area contributed by atoms with Crippen molar-refractivity contribution in [3.05, 3.63) is 122 Å². The quantitative estimate of drug-likeness (QED) is 0.353. The van der Waals surface area contributed by atoms with Crippen LogP contribution in [0.25, 0.3) is 0 Å². The normalized spacial score (nSPS) is 7.68. The standard InChI is InChI=1S/4C5H5N.Pt/c4*1-2-4-6-5-3-1;/h4*1-5H;/q;;;;+2. The fourth-order valence-corrected chi connectivity index (χ4v) is 1.25. The number of aromatic nitrogens is 4. The molecule has 0 bridgehead atoms. The maximum atomic E-state index is 3.78. The number of pyridine rings is 4. The van der Waals surface area contributed by atoms with Gasteiger partial charge in [-0.15, -0.1) is 0 Å². The second kappa shape index (κ2) is 19.3. The van der Waals surface area contributed by atoms with E-state index < -0.39 is 0 Å². The van der Waals surface area contributed by atoms with Gasteiger partial charge in [-0.1, -0.05) is 24.3 Å². The van der Waals surface area contributed by atoms with E-state index in [1.165, 1.54) is 0 Å². The molecular formula is C20H20N4Pt+2. The first-order valence-electron chi connectivity index (χ1n) is 7.40. The smallest absolute Gasteiger partial charge is 0.265 e. The molecule has 0 radical (unpaired) electrons. The molecule has 4 aromatic heterocycles. The molecule has 0 aliphatic heterocycles. The van der Waals surface area contributed by atoms with E-state index in [1.807, 2.05) is 72.8 Å². The van der Waals surface area contributed by atoms with Crippen molar-refractivity contribution in [2.24, 2.45) is 0 Å². The molecule has 0 aliphatic rings. The zero-order chi connectivity index (χ0) is 17.0. The van der Waals surface area contributed by atoms with Gasteiger partial charge in [0.15, 0.2) is 0 Å². The summed E-state index contributed by atoms with van der Waals surface area (Å²) in [5.74, 6) is 0. The summed E-state index contributed by atoms with van der Waals surface area (Å²) in [6, 6.07) is 22.9. The molecule has 0 unspecified atom stereocenters. The topological polar surface area (TPSA) is 51.6 Å². The van der Waals surface area contributed by atoms with Gasteiger partial charge in [0.2, 0.25) is 0 Å². The minimum atomic E-state index is 0. The van der Waals surface area contributed by atoms with Crippen molar-refractivity contribution in [1.82, 2.24) is 19.9 Å². The third kappa shape index (κ3) is 17.5. The molecule has 4 rings (SSSR count). The fraction of sp³-hybridized carbons (Fsp3) is 0. The van der Waals surface area contributed by atoms with Crippen LogP contribution >= 0.6 is 0 Å². The Hall–Kier alpha value is -2.71. The van der Waals surface area contributed by atoms with Crippen molar-refractivity contribution in [2.75, 3.05) is 0 Å². The molecule has 4 nitrogen and oxygen atoms in total. The summed E-state index contributed by atoms with van der Waals surface area (Å²) in [4.78, 5) is 15.1. The molecule has 0 aromatic carbocycles. The second-order valence-corrected chi connectivity index (χ2v) is 4.10. The monoisotopic (exact) mass is 511 g/mol. The van der Waals surface area contributed by atoms with Crippen LogP contribution in [0, 0.1) is 0 Å². The fourth-order valence-electron chi connectivity index (χ4n) is 1.25. The maximum Gasteiger partial charge on any atom is 2.00 e. The first kappa shape index (κ1) is 22.3. The van der Waals surface area contributed by atoms with Gasteiger partial charge < -0.3 is 0 Å². The predicted octanol–water partition coefficient (Wildman–Crippen LogP) is 4.32. The summed E-state index contributed by atoms with van der Waals surface area (Å²) >= 11 is 0. The summed E-state index contributed by atoms with van der Waals surface area (Å²) in [5, 5.41) is 0. The Kier molecular flexibility index (Phi) is 17.2. The van der Waals surface area contributed by atoms with Crippen LogP contribution in [0.3, 0.4) is 0 Å². The maximum absolute atomic E-state index is 3.78. The SMILES string of the molecule is [Pt+2].c1ccncc1.c1ccncc1.c1ccncc1.c1ccncc1. The van der Waals surface area contributed by atoms with E-state index in [-0.39, 0.29) is 21.1 Å². The van der Waals surface area contributed by atoms with Crippen molar-refractivity contribution in [3.8, 4) is 0 Å². The predicted molar refractivity (Wildman–Crippen MR) is 96.9 cm³/mol. The van der Waals surface area contributed by atoms with Crippen LogP contribution in [0.4, 0.5) is 0 Å². The molecule has 0 N–H and O–H groups in total. The van der Waals surface area contributed by atoms with Gasteiger partial charge >= 0.3 is 21.1 Å². The van der Waals surface area contributed by atoms with E-state index in [1.54, 1.807) is 49.6 Å². The second-order valence-electron chi connectivity index (χ2n) is 4.10. The summed E-state index contributed by atoms with van der Waals surface area (Å²) in [6.07, 6.45) is 14.0. The third-order valence-corrected chi connectivity index (χ3v) is 2.27. The van der Waals surface area contributed by atoms with Gasteiger partial charge in [0.05, 0.1) is 0 Å². The van der Waals surface area contributed by atoms with Gasteiger partial charge in [0, 0.05) is 49.6 Å². The molecule has 5 heteroatoms. The zero-order valence-electron chi connectivity index (χ0n) is 13.7. The van der Waals surface area contributed by atoms with E-state index in [2.05, 4.69) is 19.9 Å².